The monoisotopic (exact) mass is 289 g/mol. The molecule has 116 valence electrons. The van der Waals surface area contributed by atoms with Crippen LogP contribution in [0, 0.1) is 17.8 Å². The van der Waals surface area contributed by atoms with Crippen molar-refractivity contribution < 1.29 is 9.47 Å². The van der Waals surface area contributed by atoms with Crippen molar-refractivity contribution in [3.63, 3.8) is 0 Å². The van der Waals surface area contributed by atoms with E-state index in [-0.39, 0.29) is 6.04 Å². The Hall–Kier alpha value is -1.22. The van der Waals surface area contributed by atoms with E-state index < -0.39 is 0 Å². The zero-order chi connectivity index (χ0) is 14.8. The van der Waals surface area contributed by atoms with Gasteiger partial charge in [0.25, 0.3) is 0 Å². The summed E-state index contributed by atoms with van der Waals surface area (Å²) in [4.78, 5) is 0. The number of benzene rings is 1. The summed E-state index contributed by atoms with van der Waals surface area (Å²) in [5, 5.41) is 0. The third kappa shape index (κ3) is 3.18. The first-order chi connectivity index (χ1) is 10.1. The second-order valence-corrected chi connectivity index (χ2v) is 6.85. The molecule has 0 saturated heterocycles. The van der Waals surface area contributed by atoms with E-state index in [0.717, 1.165) is 23.3 Å². The van der Waals surface area contributed by atoms with Crippen LogP contribution in [0.25, 0.3) is 0 Å². The summed E-state index contributed by atoms with van der Waals surface area (Å²) in [5.74, 6) is 3.98. The Morgan fingerprint density at radius 3 is 2.24 bits per heavy atom. The molecular formula is C18H27NO2. The van der Waals surface area contributed by atoms with E-state index in [1.807, 2.05) is 6.07 Å². The molecule has 2 aliphatic rings. The normalized spacial score (nSPS) is 26.7. The fourth-order valence-electron chi connectivity index (χ4n) is 3.71. The Bertz CT molecular complexity index is 478. The Balaban J connectivity index is 1.67. The highest BCUT2D eigenvalue weighted by molar-refractivity contribution is 5.44. The molecule has 3 rings (SSSR count). The van der Waals surface area contributed by atoms with E-state index in [1.165, 1.54) is 31.2 Å². The average molecular weight is 289 g/mol. The van der Waals surface area contributed by atoms with Crippen LogP contribution in [-0.4, -0.2) is 13.2 Å². The van der Waals surface area contributed by atoms with Crippen molar-refractivity contribution in [2.75, 3.05) is 13.2 Å². The highest BCUT2D eigenvalue weighted by atomic mass is 16.6. The van der Waals surface area contributed by atoms with Gasteiger partial charge < -0.3 is 15.2 Å². The van der Waals surface area contributed by atoms with Crippen LogP contribution in [0.3, 0.4) is 0 Å². The minimum atomic E-state index is 0.119. The molecule has 3 heteroatoms. The van der Waals surface area contributed by atoms with Gasteiger partial charge in [0.2, 0.25) is 0 Å². The first-order valence-corrected chi connectivity index (χ1v) is 8.30. The lowest BCUT2D eigenvalue weighted by Gasteiger charge is -2.34. The van der Waals surface area contributed by atoms with Gasteiger partial charge in [0.1, 0.15) is 13.2 Å². The van der Waals surface area contributed by atoms with Gasteiger partial charge in [-0.1, -0.05) is 19.9 Å². The van der Waals surface area contributed by atoms with Crippen molar-refractivity contribution in [1.82, 2.24) is 0 Å². The molecule has 3 nitrogen and oxygen atoms in total. The largest absolute Gasteiger partial charge is 0.486 e. The molecule has 2 N–H and O–H groups in total. The minimum absolute atomic E-state index is 0.119. The van der Waals surface area contributed by atoms with Gasteiger partial charge in [-0.25, -0.2) is 0 Å². The maximum atomic E-state index is 6.53. The van der Waals surface area contributed by atoms with E-state index >= 15 is 0 Å². The fourth-order valence-corrected chi connectivity index (χ4v) is 3.71. The SMILES string of the molecule is CC(C)C1CCC(C(N)c2ccc3c(c2)OCCO3)CC1. The van der Waals surface area contributed by atoms with Crippen molar-refractivity contribution >= 4 is 0 Å². The van der Waals surface area contributed by atoms with Crippen LogP contribution in [0.1, 0.15) is 51.1 Å². The quantitative estimate of drug-likeness (QED) is 0.917. The van der Waals surface area contributed by atoms with Gasteiger partial charge in [0, 0.05) is 6.04 Å². The maximum Gasteiger partial charge on any atom is 0.161 e. The van der Waals surface area contributed by atoms with Crippen molar-refractivity contribution in [2.24, 2.45) is 23.5 Å². The predicted octanol–water partition coefficient (Wildman–Crippen LogP) is 3.92. The summed E-state index contributed by atoms with van der Waals surface area (Å²) in [6, 6.07) is 6.30. The van der Waals surface area contributed by atoms with Crippen molar-refractivity contribution in [3.05, 3.63) is 23.8 Å². The number of hydrogen-bond acceptors (Lipinski definition) is 3. The second kappa shape index (κ2) is 6.27. The van der Waals surface area contributed by atoms with E-state index in [9.17, 15) is 0 Å². The fraction of sp³-hybridized carbons (Fsp3) is 0.667. The first kappa shape index (κ1) is 14.7. The molecule has 1 saturated carbocycles. The van der Waals surface area contributed by atoms with Crippen LogP contribution < -0.4 is 15.2 Å². The van der Waals surface area contributed by atoms with Crippen LogP contribution in [0.2, 0.25) is 0 Å². The Kier molecular flexibility index (Phi) is 4.39. The summed E-state index contributed by atoms with van der Waals surface area (Å²) in [6.45, 7) is 5.94. The summed E-state index contributed by atoms with van der Waals surface area (Å²) in [7, 11) is 0. The predicted molar refractivity (Wildman–Crippen MR) is 84.6 cm³/mol. The Morgan fingerprint density at radius 1 is 0.952 bits per heavy atom. The van der Waals surface area contributed by atoms with Gasteiger partial charge in [-0.3, -0.25) is 0 Å². The van der Waals surface area contributed by atoms with Crippen LogP contribution in [-0.2, 0) is 0 Å². The summed E-state index contributed by atoms with van der Waals surface area (Å²) >= 11 is 0. The second-order valence-electron chi connectivity index (χ2n) is 6.85. The number of fused-ring (bicyclic) bond motifs is 1. The average Bonchev–Trinajstić information content (AvgIpc) is 2.54. The van der Waals surface area contributed by atoms with Crippen molar-refractivity contribution in [3.8, 4) is 11.5 Å². The lowest BCUT2D eigenvalue weighted by Crippen LogP contribution is -2.27. The van der Waals surface area contributed by atoms with Crippen LogP contribution in [0.5, 0.6) is 11.5 Å². The van der Waals surface area contributed by atoms with Gasteiger partial charge in [0.05, 0.1) is 0 Å². The van der Waals surface area contributed by atoms with Gasteiger partial charge in [-0.05, 0) is 61.1 Å². The Morgan fingerprint density at radius 2 is 1.57 bits per heavy atom. The third-order valence-corrected chi connectivity index (χ3v) is 5.22. The molecule has 1 aromatic carbocycles. The topological polar surface area (TPSA) is 44.5 Å². The van der Waals surface area contributed by atoms with Gasteiger partial charge in [0.15, 0.2) is 11.5 Å². The third-order valence-electron chi connectivity index (χ3n) is 5.22. The maximum absolute atomic E-state index is 6.53. The van der Waals surface area contributed by atoms with E-state index in [0.29, 0.717) is 19.1 Å². The van der Waals surface area contributed by atoms with E-state index in [2.05, 4.69) is 26.0 Å². The zero-order valence-electron chi connectivity index (χ0n) is 13.2. The molecule has 0 radical (unpaired) electrons. The molecule has 0 amide bonds. The molecule has 1 atom stereocenters. The van der Waals surface area contributed by atoms with Gasteiger partial charge in [-0.15, -0.1) is 0 Å². The molecule has 0 bridgehead atoms. The summed E-state index contributed by atoms with van der Waals surface area (Å²) in [5.41, 5.74) is 7.72. The minimum Gasteiger partial charge on any atom is -0.486 e. The molecule has 1 fully saturated rings. The van der Waals surface area contributed by atoms with Crippen molar-refractivity contribution in [2.45, 2.75) is 45.6 Å². The van der Waals surface area contributed by atoms with Crippen LogP contribution >= 0.6 is 0 Å². The van der Waals surface area contributed by atoms with Crippen LogP contribution in [0.4, 0.5) is 0 Å². The molecule has 1 aromatic rings. The van der Waals surface area contributed by atoms with Gasteiger partial charge in [-0.2, -0.15) is 0 Å². The number of nitrogens with two attached hydrogens (primary N) is 1. The molecule has 1 heterocycles. The van der Waals surface area contributed by atoms with Gasteiger partial charge >= 0.3 is 0 Å². The lowest BCUT2D eigenvalue weighted by atomic mass is 9.73. The number of ether oxygens (including phenoxy) is 2. The molecule has 1 unspecified atom stereocenters. The van der Waals surface area contributed by atoms with Crippen LogP contribution in [0.15, 0.2) is 18.2 Å². The summed E-state index contributed by atoms with van der Waals surface area (Å²) in [6.07, 6.45) is 5.14. The smallest absolute Gasteiger partial charge is 0.161 e. The molecule has 1 aliphatic carbocycles. The first-order valence-electron chi connectivity index (χ1n) is 8.30. The molecule has 0 spiro atoms. The molecule has 21 heavy (non-hydrogen) atoms. The lowest BCUT2D eigenvalue weighted by molar-refractivity contribution is 0.170. The number of hydrogen-bond donors (Lipinski definition) is 1. The zero-order valence-corrected chi connectivity index (χ0v) is 13.2. The molecular weight excluding hydrogens is 262 g/mol. The number of rotatable bonds is 3. The Labute approximate surface area is 127 Å². The molecule has 1 aliphatic heterocycles. The van der Waals surface area contributed by atoms with E-state index in [1.54, 1.807) is 0 Å². The molecule has 0 aromatic heterocycles. The highest BCUT2D eigenvalue weighted by Gasteiger charge is 2.28. The summed E-state index contributed by atoms with van der Waals surface area (Å²) < 4.78 is 11.2. The standard InChI is InChI=1S/C18H27NO2/c1-12(2)13-3-5-14(6-4-13)18(19)15-7-8-16-17(11-15)21-10-9-20-16/h7-8,11-14,18H,3-6,9-10,19H2,1-2H3. The highest BCUT2D eigenvalue weighted by Crippen LogP contribution is 2.40. The van der Waals surface area contributed by atoms with E-state index in [4.69, 9.17) is 15.2 Å². The van der Waals surface area contributed by atoms with Crippen molar-refractivity contribution in [1.29, 1.82) is 0 Å².